The lowest BCUT2D eigenvalue weighted by Gasteiger charge is -2.22. The van der Waals surface area contributed by atoms with E-state index in [4.69, 9.17) is 0 Å². The third-order valence-electron chi connectivity index (χ3n) is 6.06. The van der Waals surface area contributed by atoms with Crippen molar-refractivity contribution < 1.29 is 4.79 Å². The number of hydrogen-bond acceptors (Lipinski definition) is 1. The summed E-state index contributed by atoms with van der Waals surface area (Å²) in [6.45, 7) is 0. The molecule has 0 unspecified atom stereocenters. The number of carbonyl (C=O) groups excluding carboxylic acids is 1. The van der Waals surface area contributed by atoms with E-state index in [1.807, 2.05) is 18.2 Å². The highest BCUT2D eigenvalue weighted by Gasteiger charge is 2.26. The lowest BCUT2D eigenvalue weighted by Crippen LogP contribution is -2.16. The molecule has 0 saturated heterocycles. The van der Waals surface area contributed by atoms with E-state index in [1.54, 1.807) is 0 Å². The zero-order chi connectivity index (χ0) is 19.4. The van der Waals surface area contributed by atoms with Gasteiger partial charge in [-0.25, -0.2) is 0 Å². The maximum atomic E-state index is 13.5. The second-order valence-electron chi connectivity index (χ2n) is 7.73. The molecule has 5 aromatic carbocycles. The standard InChI is InChI=1S/C28H18O/c29-28-23-12-4-3-9-20(23)16-22-11-6-14-25(27(22)28)24-13-5-10-21-15-18-7-1-2-8-19(18)17-26(21)24/h1-15,17H,16H2. The molecule has 136 valence electrons. The zero-order valence-electron chi connectivity index (χ0n) is 15.9. The number of carbonyl (C=O) groups is 1. The van der Waals surface area contributed by atoms with Gasteiger partial charge in [0.25, 0.3) is 0 Å². The normalized spacial score (nSPS) is 12.8. The first-order valence-corrected chi connectivity index (χ1v) is 9.96. The average Bonchev–Trinajstić information content (AvgIpc) is 2.77. The first-order chi connectivity index (χ1) is 14.3. The van der Waals surface area contributed by atoms with Crippen LogP contribution in [0.4, 0.5) is 0 Å². The van der Waals surface area contributed by atoms with Crippen molar-refractivity contribution in [3.8, 4) is 11.1 Å². The summed E-state index contributed by atoms with van der Waals surface area (Å²) in [5.74, 6) is 0.134. The Labute approximate surface area is 169 Å². The molecule has 0 spiro atoms. The molecule has 5 aromatic rings. The minimum Gasteiger partial charge on any atom is -0.289 e. The van der Waals surface area contributed by atoms with E-state index >= 15 is 0 Å². The van der Waals surface area contributed by atoms with Gasteiger partial charge in [-0.3, -0.25) is 4.79 Å². The van der Waals surface area contributed by atoms with Crippen LogP contribution in [0.1, 0.15) is 27.0 Å². The molecule has 0 aliphatic heterocycles. The minimum absolute atomic E-state index is 0.134. The van der Waals surface area contributed by atoms with Gasteiger partial charge in [-0.2, -0.15) is 0 Å². The van der Waals surface area contributed by atoms with Gasteiger partial charge in [0, 0.05) is 11.1 Å². The second-order valence-corrected chi connectivity index (χ2v) is 7.73. The van der Waals surface area contributed by atoms with E-state index in [0.29, 0.717) is 0 Å². The number of ketones is 1. The Morgan fingerprint density at radius 2 is 1.14 bits per heavy atom. The largest absolute Gasteiger partial charge is 0.289 e. The van der Waals surface area contributed by atoms with Gasteiger partial charge in [-0.1, -0.05) is 84.9 Å². The van der Waals surface area contributed by atoms with E-state index < -0.39 is 0 Å². The summed E-state index contributed by atoms with van der Waals surface area (Å²) in [7, 11) is 0. The summed E-state index contributed by atoms with van der Waals surface area (Å²) in [5, 5.41) is 4.83. The second kappa shape index (κ2) is 6.15. The number of hydrogen-bond donors (Lipinski definition) is 0. The highest BCUT2D eigenvalue weighted by molar-refractivity contribution is 6.17. The van der Waals surface area contributed by atoms with Crippen molar-refractivity contribution in [1.82, 2.24) is 0 Å². The maximum absolute atomic E-state index is 13.5. The number of rotatable bonds is 1. The van der Waals surface area contributed by atoms with Crippen LogP contribution in [0.3, 0.4) is 0 Å². The Balaban J connectivity index is 1.64. The van der Waals surface area contributed by atoms with E-state index in [1.165, 1.54) is 21.5 Å². The molecule has 0 amide bonds. The summed E-state index contributed by atoms with van der Waals surface area (Å²) in [4.78, 5) is 13.5. The van der Waals surface area contributed by atoms with Crippen LogP contribution >= 0.6 is 0 Å². The first-order valence-electron chi connectivity index (χ1n) is 9.96. The molecule has 0 heterocycles. The zero-order valence-corrected chi connectivity index (χ0v) is 15.9. The summed E-state index contributed by atoms with van der Waals surface area (Å²) < 4.78 is 0. The third-order valence-corrected chi connectivity index (χ3v) is 6.06. The molecule has 0 bridgehead atoms. The topological polar surface area (TPSA) is 17.1 Å². The van der Waals surface area contributed by atoms with Crippen molar-refractivity contribution >= 4 is 27.3 Å². The van der Waals surface area contributed by atoms with Crippen molar-refractivity contribution in [1.29, 1.82) is 0 Å². The average molecular weight is 370 g/mol. The van der Waals surface area contributed by atoms with Crippen LogP contribution in [0.25, 0.3) is 32.7 Å². The van der Waals surface area contributed by atoms with E-state index in [0.717, 1.165) is 39.8 Å². The molecule has 0 radical (unpaired) electrons. The summed E-state index contributed by atoms with van der Waals surface area (Å²) >= 11 is 0. The van der Waals surface area contributed by atoms with E-state index in [9.17, 15) is 4.79 Å². The van der Waals surface area contributed by atoms with Crippen LogP contribution in [-0.2, 0) is 6.42 Å². The van der Waals surface area contributed by atoms with Crippen molar-refractivity contribution in [2.45, 2.75) is 6.42 Å². The van der Waals surface area contributed by atoms with Gasteiger partial charge in [-0.15, -0.1) is 0 Å². The lowest BCUT2D eigenvalue weighted by molar-refractivity contribution is 0.103. The molecule has 1 aliphatic rings. The lowest BCUT2D eigenvalue weighted by atomic mass is 9.80. The fourth-order valence-corrected chi connectivity index (χ4v) is 4.68. The van der Waals surface area contributed by atoms with Crippen molar-refractivity contribution in [2.24, 2.45) is 0 Å². The van der Waals surface area contributed by atoms with E-state index in [-0.39, 0.29) is 5.78 Å². The molecule has 1 aliphatic carbocycles. The van der Waals surface area contributed by atoms with Crippen LogP contribution in [-0.4, -0.2) is 5.78 Å². The van der Waals surface area contributed by atoms with E-state index in [2.05, 4.69) is 78.9 Å². The van der Waals surface area contributed by atoms with Gasteiger partial charge in [-0.05, 0) is 62.4 Å². The van der Waals surface area contributed by atoms with Gasteiger partial charge in [0.15, 0.2) is 5.78 Å². The van der Waals surface area contributed by atoms with Gasteiger partial charge in [0.1, 0.15) is 0 Å². The molecule has 0 aromatic heterocycles. The van der Waals surface area contributed by atoms with Crippen LogP contribution in [0.5, 0.6) is 0 Å². The molecular formula is C28H18O. The molecule has 29 heavy (non-hydrogen) atoms. The van der Waals surface area contributed by atoms with Gasteiger partial charge >= 0.3 is 0 Å². The molecule has 1 heteroatoms. The quantitative estimate of drug-likeness (QED) is 0.291. The van der Waals surface area contributed by atoms with Crippen molar-refractivity contribution in [3.05, 3.63) is 119 Å². The van der Waals surface area contributed by atoms with Gasteiger partial charge in [0.05, 0.1) is 0 Å². The number of benzene rings is 5. The summed E-state index contributed by atoms with van der Waals surface area (Å²) in [5.41, 5.74) is 6.07. The van der Waals surface area contributed by atoms with Crippen LogP contribution < -0.4 is 0 Å². The Kier molecular flexibility index (Phi) is 3.45. The predicted molar refractivity (Wildman–Crippen MR) is 120 cm³/mol. The van der Waals surface area contributed by atoms with Crippen LogP contribution in [0.2, 0.25) is 0 Å². The van der Waals surface area contributed by atoms with Crippen molar-refractivity contribution in [3.63, 3.8) is 0 Å². The molecular weight excluding hydrogens is 352 g/mol. The third kappa shape index (κ3) is 2.44. The summed E-state index contributed by atoms with van der Waals surface area (Å²) in [6, 6.07) is 33.5. The summed E-state index contributed by atoms with van der Waals surface area (Å²) in [6.07, 6.45) is 0.804. The highest BCUT2D eigenvalue weighted by Crippen LogP contribution is 2.38. The molecule has 0 N–H and O–H groups in total. The molecule has 0 saturated carbocycles. The SMILES string of the molecule is O=C1c2ccccc2Cc2cccc(-c3cccc4cc5ccccc5cc34)c21. The van der Waals surface area contributed by atoms with Crippen LogP contribution in [0.15, 0.2) is 97.1 Å². The number of fused-ring (bicyclic) bond motifs is 4. The monoisotopic (exact) mass is 370 g/mol. The minimum atomic E-state index is 0.134. The first kappa shape index (κ1) is 16.3. The Bertz CT molecular complexity index is 1440. The molecule has 0 fully saturated rings. The van der Waals surface area contributed by atoms with Gasteiger partial charge in [0.2, 0.25) is 0 Å². The van der Waals surface area contributed by atoms with Crippen molar-refractivity contribution in [2.75, 3.05) is 0 Å². The maximum Gasteiger partial charge on any atom is 0.194 e. The Hall–Kier alpha value is -3.71. The fraction of sp³-hybridized carbons (Fsp3) is 0.0357. The predicted octanol–water partition coefficient (Wildman–Crippen LogP) is 6.80. The Morgan fingerprint density at radius 3 is 2.03 bits per heavy atom. The highest BCUT2D eigenvalue weighted by atomic mass is 16.1. The smallest absolute Gasteiger partial charge is 0.194 e. The molecule has 1 nitrogen and oxygen atoms in total. The van der Waals surface area contributed by atoms with Gasteiger partial charge < -0.3 is 0 Å². The fourth-order valence-electron chi connectivity index (χ4n) is 4.68. The molecule has 6 rings (SSSR count). The molecule has 0 atom stereocenters. The van der Waals surface area contributed by atoms with Crippen LogP contribution in [0, 0.1) is 0 Å². The Morgan fingerprint density at radius 1 is 0.517 bits per heavy atom.